The van der Waals surface area contributed by atoms with Crippen molar-refractivity contribution in [2.24, 2.45) is 0 Å². The Morgan fingerprint density at radius 3 is 2.48 bits per heavy atom. The molecular formula is C17H30N5O+3. The first-order chi connectivity index (χ1) is 11.0. The summed E-state index contributed by atoms with van der Waals surface area (Å²) in [5, 5.41) is 3.02. The van der Waals surface area contributed by atoms with Crippen LogP contribution in [0.2, 0.25) is 0 Å². The van der Waals surface area contributed by atoms with Gasteiger partial charge in [-0.1, -0.05) is 0 Å². The van der Waals surface area contributed by atoms with E-state index in [1.54, 1.807) is 6.20 Å². The molecule has 3 aliphatic rings. The van der Waals surface area contributed by atoms with Crippen LogP contribution < -0.4 is 11.1 Å². The highest BCUT2D eigenvalue weighted by Gasteiger charge is 2.47. The number of aromatic nitrogens is 1. The van der Waals surface area contributed by atoms with Crippen molar-refractivity contribution in [1.82, 2.24) is 4.98 Å². The molecule has 0 saturated carbocycles. The molecule has 1 amide bonds. The molecule has 6 nitrogen and oxygen atoms in total. The van der Waals surface area contributed by atoms with Crippen LogP contribution in [0.25, 0.3) is 0 Å². The second-order valence-corrected chi connectivity index (χ2v) is 7.50. The normalized spacial score (nSPS) is 29.5. The molecule has 0 radical (unpaired) electrons. The molecule has 0 unspecified atom stereocenters. The van der Waals surface area contributed by atoms with Gasteiger partial charge in [0.15, 0.2) is 6.54 Å². The zero-order valence-electron chi connectivity index (χ0n) is 14.3. The second-order valence-electron chi connectivity index (χ2n) is 7.50. The standard InChI is InChI=1S/C17H28N5O/c1-21-7-10-22(11-8-21,12-9-21)14-17(23)20-16-5-4-15(19-13-16)3-2-6-18/h4-5,13H,2-3,6-12,14,18H2,1H3/q+1/p+2. The smallest absolute Gasteiger partial charge is 0.279 e. The average molecular weight is 320 g/mol. The molecular weight excluding hydrogens is 290 g/mol. The molecule has 4 rings (SSSR count). The Kier molecular flexibility index (Phi) is 4.66. The van der Waals surface area contributed by atoms with E-state index in [9.17, 15) is 4.79 Å². The predicted molar refractivity (Wildman–Crippen MR) is 89.5 cm³/mol. The van der Waals surface area contributed by atoms with E-state index < -0.39 is 0 Å². The van der Waals surface area contributed by atoms with Crippen molar-refractivity contribution in [3.05, 3.63) is 24.0 Å². The lowest BCUT2D eigenvalue weighted by Crippen LogP contribution is -2.74. The number of nitrogens with one attached hydrogen (secondary N) is 1. The van der Waals surface area contributed by atoms with Crippen LogP contribution in [0.3, 0.4) is 0 Å². The molecule has 23 heavy (non-hydrogen) atoms. The number of hydrogen-bond donors (Lipinski definition) is 2. The van der Waals surface area contributed by atoms with Crippen LogP contribution in [0.1, 0.15) is 12.1 Å². The number of hydrogen-bond acceptors (Lipinski definition) is 2. The van der Waals surface area contributed by atoms with Crippen LogP contribution in [0.5, 0.6) is 0 Å². The number of amides is 1. The number of anilines is 1. The van der Waals surface area contributed by atoms with Gasteiger partial charge in [0.1, 0.15) is 39.3 Å². The van der Waals surface area contributed by atoms with Gasteiger partial charge in [0.2, 0.25) is 0 Å². The predicted octanol–water partition coefficient (Wildman–Crippen LogP) is -0.515. The van der Waals surface area contributed by atoms with Crippen molar-refractivity contribution in [3.8, 4) is 0 Å². The van der Waals surface area contributed by atoms with E-state index in [1.807, 2.05) is 12.1 Å². The third kappa shape index (κ3) is 3.88. The number of pyridine rings is 1. The summed E-state index contributed by atoms with van der Waals surface area (Å²) in [4.78, 5) is 16.9. The molecule has 0 spiro atoms. The van der Waals surface area contributed by atoms with Crippen LogP contribution in [0.15, 0.2) is 18.3 Å². The van der Waals surface area contributed by atoms with Crippen LogP contribution in [-0.4, -0.2) is 79.3 Å². The van der Waals surface area contributed by atoms with Crippen molar-refractivity contribution in [1.29, 1.82) is 0 Å². The van der Waals surface area contributed by atoms with Crippen LogP contribution in [0.4, 0.5) is 5.69 Å². The Balaban J connectivity index is 1.53. The van der Waals surface area contributed by atoms with Crippen LogP contribution in [0, 0.1) is 0 Å². The quantitative estimate of drug-likeness (QED) is 0.693. The number of carbonyl (C=O) groups excluding carboxylic acids is 1. The fourth-order valence-corrected chi connectivity index (χ4v) is 3.73. The molecule has 3 fully saturated rings. The monoisotopic (exact) mass is 320 g/mol. The van der Waals surface area contributed by atoms with E-state index in [4.69, 9.17) is 0 Å². The zero-order valence-corrected chi connectivity index (χ0v) is 14.3. The molecule has 1 aromatic heterocycles. The van der Waals surface area contributed by atoms with Gasteiger partial charge in [-0.25, -0.2) is 0 Å². The minimum absolute atomic E-state index is 0.121. The number of rotatable bonds is 6. The third-order valence-corrected chi connectivity index (χ3v) is 5.61. The molecule has 3 saturated heterocycles. The van der Waals surface area contributed by atoms with Crippen molar-refractivity contribution in [2.45, 2.75) is 12.8 Å². The number of quaternary nitrogens is 3. The van der Waals surface area contributed by atoms with Gasteiger partial charge in [-0.2, -0.15) is 0 Å². The topological polar surface area (TPSA) is 69.6 Å². The summed E-state index contributed by atoms with van der Waals surface area (Å²) < 4.78 is 2.16. The first-order valence-electron chi connectivity index (χ1n) is 8.75. The summed E-state index contributed by atoms with van der Waals surface area (Å²) >= 11 is 0. The van der Waals surface area contributed by atoms with E-state index in [0.29, 0.717) is 6.54 Å². The molecule has 0 atom stereocenters. The Hall–Kier alpha value is -1.50. The lowest BCUT2D eigenvalue weighted by molar-refractivity contribution is -1.07. The van der Waals surface area contributed by atoms with Gasteiger partial charge in [0.05, 0.1) is 25.5 Å². The highest BCUT2D eigenvalue weighted by molar-refractivity contribution is 5.91. The summed E-state index contributed by atoms with van der Waals surface area (Å²) in [7, 11) is 2.34. The highest BCUT2D eigenvalue weighted by atomic mass is 16.2. The molecule has 126 valence electrons. The number of carbonyl (C=O) groups is 1. The summed E-state index contributed by atoms with van der Waals surface area (Å²) in [6.07, 6.45) is 3.78. The Bertz CT molecular complexity index is 532. The minimum atomic E-state index is 0.121. The van der Waals surface area contributed by atoms with E-state index in [1.165, 1.54) is 24.1 Å². The summed E-state index contributed by atoms with van der Waals surface area (Å²) in [5.41, 5.74) is 5.72. The first-order valence-corrected chi connectivity index (χ1v) is 8.75. The van der Waals surface area contributed by atoms with Gasteiger partial charge >= 0.3 is 0 Å². The number of aryl methyl sites for hydroxylation is 1. The second kappa shape index (κ2) is 6.55. The number of fused-ring (bicyclic) bond motifs is 3. The molecule has 0 aliphatic carbocycles. The maximum Gasteiger partial charge on any atom is 0.279 e. The minimum Gasteiger partial charge on any atom is -0.358 e. The lowest BCUT2D eigenvalue weighted by Gasteiger charge is -2.53. The van der Waals surface area contributed by atoms with Crippen molar-refractivity contribution >= 4 is 11.6 Å². The van der Waals surface area contributed by atoms with Crippen molar-refractivity contribution < 1.29 is 19.5 Å². The van der Waals surface area contributed by atoms with Gasteiger partial charge in [-0.15, -0.1) is 0 Å². The van der Waals surface area contributed by atoms with Crippen molar-refractivity contribution in [3.63, 3.8) is 0 Å². The number of piperazine rings is 3. The molecule has 4 N–H and O–H groups in total. The number of nitrogens with zero attached hydrogens (tertiary/aromatic N) is 3. The molecule has 6 heteroatoms. The number of likely N-dealkylation sites (N-methyl/N-ethyl adjacent to an activating group) is 1. The van der Waals surface area contributed by atoms with Crippen molar-refractivity contribution in [2.75, 3.05) is 64.7 Å². The van der Waals surface area contributed by atoms with E-state index in [-0.39, 0.29) is 5.91 Å². The van der Waals surface area contributed by atoms with E-state index >= 15 is 0 Å². The first kappa shape index (κ1) is 16.4. The van der Waals surface area contributed by atoms with Crippen LogP contribution >= 0.6 is 0 Å². The van der Waals surface area contributed by atoms with Gasteiger partial charge in [-0.05, 0) is 18.6 Å². The SMILES string of the molecule is C[N+]12CC[N+](CC(=O)Nc3ccc(CCC[NH3+])nc3)(CC1)CC2. The molecule has 2 bridgehead atoms. The van der Waals surface area contributed by atoms with Gasteiger partial charge in [-0.3, -0.25) is 9.78 Å². The summed E-state index contributed by atoms with van der Waals surface area (Å²) in [5.74, 6) is 0.121. The molecule has 4 heterocycles. The maximum atomic E-state index is 12.4. The summed E-state index contributed by atoms with van der Waals surface area (Å²) in [6, 6.07) is 3.96. The fourth-order valence-electron chi connectivity index (χ4n) is 3.73. The Morgan fingerprint density at radius 1 is 1.22 bits per heavy atom. The molecule has 1 aromatic rings. The largest absolute Gasteiger partial charge is 0.358 e. The van der Waals surface area contributed by atoms with E-state index in [0.717, 1.165) is 54.9 Å². The third-order valence-electron chi connectivity index (χ3n) is 5.61. The van der Waals surface area contributed by atoms with E-state index in [2.05, 4.69) is 23.1 Å². The maximum absolute atomic E-state index is 12.4. The van der Waals surface area contributed by atoms with Gasteiger partial charge in [0, 0.05) is 12.1 Å². The summed E-state index contributed by atoms with van der Waals surface area (Å²) in [6.45, 7) is 8.53. The highest BCUT2D eigenvalue weighted by Crippen LogP contribution is 2.24. The Labute approximate surface area is 138 Å². The van der Waals surface area contributed by atoms with Gasteiger partial charge < -0.3 is 20.0 Å². The lowest BCUT2D eigenvalue weighted by atomic mass is 10.1. The van der Waals surface area contributed by atoms with Crippen LogP contribution in [-0.2, 0) is 11.2 Å². The molecule has 3 aliphatic heterocycles. The fraction of sp³-hybridized carbons (Fsp3) is 0.647. The molecule has 0 aromatic carbocycles. The Morgan fingerprint density at radius 2 is 1.91 bits per heavy atom. The van der Waals surface area contributed by atoms with Gasteiger partial charge in [0.25, 0.3) is 5.91 Å². The average Bonchev–Trinajstić information content (AvgIpc) is 2.56. The zero-order chi connectivity index (χ0) is 16.3.